The van der Waals surface area contributed by atoms with E-state index in [0.717, 1.165) is 12.8 Å². The van der Waals surface area contributed by atoms with Crippen molar-refractivity contribution in [1.29, 1.82) is 0 Å². The molecular weight excluding hydrogens is 346 g/mol. The molecule has 3 N–H and O–H groups in total. The summed E-state index contributed by atoms with van der Waals surface area (Å²) in [6.07, 6.45) is 6.68. The molecule has 2 saturated carbocycles. The van der Waals surface area contributed by atoms with Crippen LogP contribution in [0.2, 0.25) is 0 Å². The van der Waals surface area contributed by atoms with Crippen LogP contribution in [0.5, 0.6) is 0 Å². The monoisotopic (exact) mass is 375 g/mol. The summed E-state index contributed by atoms with van der Waals surface area (Å²) in [7, 11) is 0. The van der Waals surface area contributed by atoms with Gasteiger partial charge >= 0.3 is 6.09 Å². The second-order valence-corrected chi connectivity index (χ2v) is 9.54. The number of ether oxygens (including phenoxy) is 1. The number of nitrogens with zero attached hydrogens (tertiary/aromatic N) is 1. The van der Waals surface area contributed by atoms with Crippen LogP contribution < -0.4 is 11.1 Å². The van der Waals surface area contributed by atoms with Crippen LogP contribution in [0.25, 0.3) is 0 Å². The van der Waals surface area contributed by atoms with Crippen LogP contribution in [-0.2, 0) is 14.3 Å². The smallest absolute Gasteiger partial charge is 0.410 e. The molecule has 0 radical (unpaired) electrons. The molecule has 7 heteroatoms. The van der Waals surface area contributed by atoms with Gasteiger partial charge in [0.05, 0.1) is 11.8 Å². The van der Waals surface area contributed by atoms with Gasteiger partial charge in [-0.05, 0) is 57.3 Å². The van der Waals surface area contributed by atoms with Crippen LogP contribution in [0, 0.1) is 29.1 Å². The minimum Gasteiger partial charge on any atom is -0.444 e. The first kappa shape index (κ1) is 18.3. The van der Waals surface area contributed by atoms with Gasteiger partial charge in [-0.2, -0.15) is 0 Å². The molecular formula is C20H29N3O4. The molecule has 5 atom stereocenters. The maximum absolute atomic E-state index is 13.0. The molecule has 3 amide bonds. The molecule has 1 saturated heterocycles. The third kappa shape index (κ3) is 3.01. The summed E-state index contributed by atoms with van der Waals surface area (Å²) in [4.78, 5) is 38.9. The normalized spacial score (nSPS) is 35.5. The Morgan fingerprint density at radius 1 is 1.15 bits per heavy atom. The molecule has 27 heavy (non-hydrogen) atoms. The third-order valence-electron chi connectivity index (χ3n) is 6.66. The zero-order valence-electron chi connectivity index (χ0n) is 16.2. The highest BCUT2D eigenvalue weighted by Crippen LogP contribution is 2.71. The van der Waals surface area contributed by atoms with Crippen molar-refractivity contribution in [1.82, 2.24) is 10.2 Å². The van der Waals surface area contributed by atoms with E-state index in [1.165, 1.54) is 0 Å². The van der Waals surface area contributed by atoms with Gasteiger partial charge in [0.25, 0.3) is 0 Å². The number of likely N-dealkylation sites (tertiary alicyclic amines) is 1. The number of primary amides is 1. The van der Waals surface area contributed by atoms with Gasteiger partial charge in [-0.15, -0.1) is 0 Å². The van der Waals surface area contributed by atoms with Gasteiger partial charge < -0.3 is 20.7 Å². The number of rotatable bonds is 3. The largest absolute Gasteiger partial charge is 0.444 e. The van der Waals surface area contributed by atoms with E-state index < -0.39 is 11.5 Å². The quantitative estimate of drug-likeness (QED) is 0.729. The lowest BCUT2D eigenvalue weighted by atomic mass is 9.82. The highest BCUT2D eigenvalue weighted by molar-refractivity contribution is 5.90. The molecule has 148 valence electrons. The fraction of sp³-hybridized carbons (Fsp3) is 0.750. The second kappa shape index (κ2) is 5.97. The molecule has 4 rings (SSSR count). The van der Waals surface area contributed by atoms with Gasteiger partial charge in [0.15, 0.2) is 0 Å². The average molecular weight is 375 g/mol. The van der Waals surface area contributed by atoms with E-state index in [4.69, 9.17) is 10.5 Å². The fourth-order valence-corrected chi connectivity index (χ4v) is 5.41. The van der Waals surface area contributed by atoms with E-state index in [1.54, 1.807) is 4.90 Å². The van der Waals surface area contributed by atoms with E-state index in [9.17, 15) is 14.4 Å². The summed E-state index contributed by atoms with van der Waals surface area (Å²) in [6, 6.07) is -0.114. The molecule has 0 aromatic carbocycles. The van der Waals surface area contributed by atoms with Crippen molar-refractivity contribution in [2.75, 3.05) is 13.1 Å². The van der Waals surface area contributed by atoms with Crippen molar-refractivity contribution in [3.05, 3.63) is 12.2 Å². The fourth-order valence-electron chi connectivity index (χ4n) is 5.41. The van der Waals surface area contributed by atoms with E-state index in [2.05, 4.69) is 17.5 Å². The standard InChI is InChI=1S/C20H29N3O4/c1-19(2,3)27-18(26)23-9-6-11(10-23)22-17(25)15-13-5-4-12(14(15)16(21)24)20(13)7-8-20/h4-5,11-15H,6-10H2,1-3H3,(H2,21,24)(H,22,25)/t11?,12-,13+,14?,15?/m0/s1. The minimum absolute atomic E-state index is 0.0972. The molecule has 3 aliphatic carbocycles. The van der Waals surface area contributed by atoms with Crippen LogP contribution in [0.15, 0.2) is 12.2 Å². The van der Waals surface area contributed by atoms with E-state index >= 15 is 0 Å². The number of amides is 3. The van der Waals surface area contributed by atoms with Crippen molar-refractivity contribution in [3.63, 3.8) is 0 Å². The lowest BCUT2D eigenvalue weighted by molar-refractivity contribution is -0.134. The zero-order chi connectivity index (χ0) is 19.6. The Kier molecular flexibility index (Phi) is 4.05. The summed E-state index contributed by atoms with van der Waals surface area (Å²) in [5.41, 5.74) is 5.22. The summed E-state index contributed by atoms with van der Waals surface area (Å²) in [6.45, 7) is 6.49. The van der Waals surface area contributed by atoms with Crippen LogP contribution in [0.1, 0.15) is 40.0 Å². The number of nitrogens with two attached hydrogens (primary N) is 1. The van der Waals surface area contributed by atoms with Gasteiger partial charge in [0, 0.05) is 19.1 Å². The molecule has 2 bridgehead atoms. The Balaban J connectivity index is 1.39. The van der Waals surface area contributed by atoms with Gasteiger partial charge in [0.1, 0.15) is 5.60 Å². The molecule has 1 heterocycles. The van der Waals surface area contributed by atoms with Gasteiger partial charge in [0.2, 0.25) is 11.8 Å². The van der Waals surface area contributed by atoms with E-state index in [1.807, 2.05) is 20.8 Å². The highest BCUT2D eigenvalue weighted by atomic mass is 16.6. The van der Waals surface area contributed by atoms with Crippen molar-refractivity contribution in [3.8, 4) is 0 Å². The minimum atomic E-state index is -0.541. The number of hydrogen-bond donors (Lipinski definition) is 2. The Hall–Kier alpha value is -2.05. The van der Waals surface area contributed by atoms with Crippen molar-refractivity contribution in [2.45, 2.75) is 51.7 Å². The molecule has 7 nitrogen and oxygen atoms in total. The first-order valence-electron chi connectivity index (χ1n) is 9.88. The lowest BCUT2D eigenvalue weighted by Crippen LogP contribution is -2.47. The van der Waals surface area contributed by atoms with Crippen LogP contribution >= 0.6 is 0 Å². The highest BCUT2D eigenvalue weighted by Gasteiger charge is 2.69. The van der Waals surface area contributed by atoms with Crippen molar-refractivity contribution >= 4 is 17.9 Å². The first-order valence-corrected chi connectivity index (χ1v) is 9.88. The average Bonchev–Trinajstić information content (AvgIpc) is 2.97. The van der Waals surface area contributed by atoms with Crippen molar-refractivity contribution in [2.24, 2.45) is 34.8 Å². The molecule has 3 unspecified atom stereocenters. The summed E-state index contributed by atoms with van der Waals surface area (Å²) < 4.78 is 5.40. The predicted molar refractivity (Wildman–Crippen MR) is 98.3 cm³/mol. The number of carbonyl (C=O) groups excluding carboxylic acids is 3. The number of nitrogens with one attached hydrogen (secondary N) is 1. The summed E-state index contributed by atoms with van der Waals surface area (Å²) >= 11 is 0. The van der Waals surface area contributed by atoms with Gasteiger partial charge in [-0.25, -0.2) is 4.79 Å². The Morgan fingerprint density at radius 3 is 2.33 bits per heavy atom. The topological polar surface area (TPSA) is 102 Å². The second-order valence-electron chi connectivity index (χ2n) is 9.54. The van der Waals surface area contributed by atoms with E-state index in [0.29, 0.717) is 19.5 Å². The Labute approximate surface area is 159 Å². The van der Waals surface area contributed by atoms with Crippen molar-refractivity contribution < 1.29 is 19.1 Å². The maximum atomic E-state index is 13.0. The molecule has 4 aliphatic rings. The van der Waals surface area contributed by atoms with Gasteiger partial charge in [-0.3, -0.25) is 9.59 Å². The number of hydrogen-bond acceptors (Lipinski definition) is 4. The number of carbonyl (C=O) groups is 3. The molecule has 0 aromatic rings. The van der Waals surface area contributed by atoms with Crippen LogP contribution in [0.3, 0.4) is 0 Å². The molecule has 1 aliphatic heterocycles. The van der Waals surface area contributed by atoms with Crippen LogP contribution in [-0.4, -0.2) is 47.5 Å². The Morgan fingerprint density at radius 2 is 1.78 bits per heavy atom. The molecule has 3 fully saturated rings. The summed E-state index contributed by atoms with van der Waals surface area (Å²) in [5, 5.41) is 3.07. The summed E-state index contributed by atoms with van der Waals surface area (Å²) in [5.74, 6) is -1.04. The van der Waals surface area contributed by atoms with Crippen LogP contribution in [0.4, 0.5) is 4.79 Å². The zero-order valence-corrected chi connectivity index (χ0v) is 16.2. The predicted octanol–water partition coefficient (Wildman–Crippen LogP) is 1.43. The third-order valence-corrected chi connectivity index (χ3v) is 6.66. The number of allylic oxidation sites excluding steroid dienone is 2. The maximum Gasteiger partial charge on any atom is 0.410 e. The molecule has 1 spiro atoms. The lowest BCUT2D eigenvalue weighted by Gasteiger charge is -2.27. The van der Waals surface area contributed by atoms with Gasteiger partial charge in [-0.1, -0.05) is 12.2 Å². The van der Waals surface area contributed by atoms with E-state index in [-0.39, 0.29) is 47.1 Å². The molecule has 0 aromatic heterocycles. The first-order chi connectivity index (χ1) is 12.6. The SMILES string of the molecule is CC(C)(C)OC(=O)N1CCC(NC(=O)C2C(C(N)=O)[C@@H]3C=C[C@H]2C32CC2)C1. The Bertz CT molecular complexity index is 707.